The molecule has 0 atom stereocenters. The molecule has 0 saturated carbocycles. The van der Waals surface area contributed by atoms with Crippen LogP contribution >= 0.6 is 46.4 Å². The summed E-state index contributed by atoms with van der Waals surface area (Å²) in [4.78, 5) is 11.8. The van der Waals surface area contributed by atoms with Gasteiger partial charge in [0.2, 0.25) is 0 Å². The second kappa shape index (κ2) is 6.69. The molecule has 0 spiro atoms. The molecule has 1 rings (SSSR count). The van der Waals surface area contributed by atoms with Crippen LogP contribution in [-0.2, 0) is 0 Å². The summed E-state index contributed by atoms with van der Waals surface area (Å²) in [6.07, 6.45) is 2.93. The Kier molecular flexibility index (Phi) is 5.86. The van der Waals surface area contributed by atoms with E-state index in [0.29, 0.717) is 13.1 Å². The van der Waals surface area contributed by atoms with E-state index in [2.05, 4.69) is 0 Å². The van der Waals surface area contributed by atoms with Crippen LogP contribution < -0.4 is 0 Å². The fourth-order valence-corrected chi connectivity index (χ4v) is 2.30. The molecule has 1 saturated heterocycles. The molecule has 0 aromatic rings. The van der Waals surface area contributed by atoms with E-state index in [1.165, 1.54) is 0 Å². The molecule has 0 aliphatic carbocycles. The van der Waals surface area contributed by atoms with Gasteiger partial charge < -0.3 is 4.90 Å². The number of halogens is 4. The maximum atomic E-state index is 10.7. The maximum Gasteiger partial charge on any atom is 0.362 e. The molecule has 4 nitrogen and oxygen atoms in total. The van der Waals surface area contributed by atoms with Crippen LogP contribution in [-0.4, -0.2) is 22.9 Å². The molecular formula is C9H10Cl4N2O2. The van der Waals surface area contributed by atoms with Crippen molar-refractivity contribution >= 4 is 46.4 Å². The van der Waals surface area contributed by atoms with Gasteiger partial charge in [-0.2, -0.15) is 0 Å². The van der Waals surface area contributed by atoms with Crippen molar-refractivity contribution in [3.05, 3.63) is 30.5 Å². The Balaban J connectivity index is 3.15. The molecule has 0 N–H and O–H groups in total. The van der Waals surface area contributed by atoms with Crippen molar-refractivity contribution in [1.82, 2.24) is 4.90 Å². The minimum atomic E-state index is -0.704. The predicted molar refractivity (Wildman–Crippen MR) is 69.9 cm³/mol. The SMILES string of the molecule is O=[N+]([O-])/C(Cl)=C(\C(Cl)=C(Cl)Cl)N1CCCCC1. The van der Waals surface area contributed by atoms with Crippen molar-refractivity contribution in [2.24, 2.45) is 0 Å². The molecule has 0 bridgehead atoms. The fraction of sp³-hybridized carbons (Fsp3) is 0.556. The van der Waals surface area contributed by atoms with Gasteiger partial charge in [-0.3, -0.25) is 10.1 Å². The highest BCUT2D eigenvalue weighted by Gasteiger charge is 2.27. The number of hydrogen-bond donors (Lipinski definition) is 0. The van der Waals surface area contributed by atoms with Crippen LogP contribution in [0.3, 0.4) is 0 Å². The summed E-state index contributed by atoms with van der Waals surface area (Å²) < 4.78 is -0.229. The summed E-state index contributed by atoms with van der Waals surface area (Å²) >= 11 is 22.7. The molecule has 1 aliphatic rings. The number of nitro groups is 1. The van der Waals surface area contributed by atoms with Crippen molar-refractivity contribution in [2.45, 2.75) is 19.3 Å². The first-order valence-electron chi connectivity index (χ1n) is 4.95. The number of rotatable bonds is 3. The molecule has 0 unspecified atom stereocenters. The average molecular weight is 320 g/mol. The quantitative estimate of drug-likeness (QED) is 0.341. The van der Waals surface area contributed by atoms with Gasteiger partial charge in [-0.05, 0) is 30.9 Å². The fourth-order valence-electron chi connectivity index (χ4n) is 1.65. The van der Waals surface area contributed by atoms with Crippen LogP contribution in [0.4, 0.5) is 0 Å². The molecule has 0 aromatic carbocycles. The van der Waals surface area contributed by atoms with Gasteiger partial charge in [0.25, 0.3) is 0 Å². The molecule has 8 heteroatoms. The maximum absolute atomic E-state index is 10.7. The Labute approximate surface area is 119 Å². The summed E-state index contributed by atoms with van der Waals surface area (Å²) in [6, 6.07) is 0. The van der Waals surface area contributed by atoms with Crippen molar-refractivity contribution in [2.75, 3.05) is 13.1 Å². The Morgan fingerprint density at radius 3 is 2.00 bits per heavy atom. The lowest BCUT2D eigenvalue weighted by Crippen LogP contribution is -2.30. The Morgan fingerprint density at radius 1 is 1.06 bits per heavy atom. The summed E-state index contributed by atoms with van der Waals surface area (Å²) in [7, 11) is 0. The van der Waals surface area contributed by atoms with Gasteiger partial charge in [0.05, 0.1) is 4.92 Å². The highest BCUT2D eigenvalue weighted by molar-refractivity contribution is 6.60. The summed E-state index contributed by atoms with van der Waals surface area (Å²) in [5.41, 5.74) is 0.0954. The van der Waals surface area contributed by atoms with Gasteiger partial charge in [-0.1, -0.05) is 34.8 Å². The molecule has 1 aliphatic heterocycles. The highest BCUT2D eigenvalue weighted by Crippen LogP contribution is 2.32. The Hall–Kier alpha value is -0.160. The first kappa shape index (κ1) is 14.9. The molecular weight excluding hydrogens is 310 g/mol. The minimum Gasteiger partial charge on any atom is -0.364 e. The lowest BCUT2D eigenvalue weighted by molar-refractivity contribution is -0.414. The molecule has 0 aromatic heterocycles. The first-order chi connectivity index (χ1) is 7.95. The first-order valence-corrected chi connectivity index (χ1v) is 6.46. The molecule has 0 radical (unpaired) electrons. The number of allylic oxidation sites excluding steroid dienone is 1. The van der Waals surface area contributed by atoms with E-state index in [1.54, 1.807) is 4.90 Å². The van der Waals surface area contributed by atoms with E-state index in [-0.39, 0.29) is 15.2 Å². The van der Waals surface area contributed by atoms with Crippen molar-refractivity contribution in [1.29, 1.82) is 0 Å². The monoisotopic (exact) mass is 318 g/mol. The van der Waals surface area contributed by atoms with Gasteiger partial charge in [0.1, 0.15) is 15.2 Å². The lowest BCUT2D eigenvalue weighted by atomic mass is 10.1. The van der Waals surface area contributed by atoms with Gasteiger partial charge >= 0.3 is 5.16 Å². The van der Waals surface area contributed by atoms with Gasteiger partial charge in [0.15, 0.2) is 0 Å². The number of nitrogens with zero attached hydrogens (tertiary/aromatic N) is 2. The van der Waals surface area contributed by atoms with Crippen LogP contribution in [0.25, 0.3) is 0 Å². The summed E-state index contributed by atoms with van der Waals surface area (Å²) in [5.74, 6) is 0. The van der Waals surface area contributed by atoms with Crippen LogP contribution in [0.15, 0.2) is 20.4 Å². The topological polar surface area (TPSA) is 46.4 Å². The Bertz CT molecular complexity index is 371. The van der Waals surface area contributed by atoms with Crippen molar-refractivity contribution < 1.29 is 4.92 Å². The highest BCUT2D eigenvalue weighted by atomic mass is 35.5. The zero-order valence-electron chi connectivity index (χ0n) is 8.76. The third-order valence-electron chi connectivity index (χ3n) is 2.40. The smallest absolute Gasteiger partial charge is 0.362 e. The van der Waals surface area contributed by atoms with Crippen LogP contribution in [0.2, 0.25) is 0 Å². The molecule has 1 heterocycles. The van der Waals surface area contributed by atoms with E-state index in [0.717, 1.165) is 19.3 Å². The second-order valence-electron chi connectivity index (χ2n) is 3.52. The van der Waals surface area contributed by atoms with Gasteiger partial charge in [-0.15, -0.1) is 0 Å². The van der Waals surface area contributed by atoms with Gasteiger partial charge in [0, 0.05) is 13.1 Å². The van der Waals surface area contributed by atoms with Crippen LogP contribution in [0.1, 0.15) is 19.3 Å². The molecule has 17 heavy (non-hydrogen) atoms. The van der Waals surface area contributed by atoms with E-state index in [1.807, 2.05) is 0 Å². The van der Waals surface area contributed by atoms with Crippen molar-refractivity contribution in [3.63, 3.8) is 0 Å². The van der Waals surface area contributed by atoms with Crippen LogP contribution in [0.5, 0.6) is 0 Å². The molecule has 1 fully saturated rings. The van der Waals surface area contributed by atoms with Crippen LogP contribution in [0, 0.1) is 10.1 Å². The van der Waals surface area contributed by atoms with E-state index in [4.69, 9.17) is 46.4 Å². The summed E-state index contributed by atoms with van der Waals surface area (Å²) in [5, 5.41) is 10.1. The number of piperidine rings is 1. The third kappa shape index (κ3) is 3.91. The minimum absolute atomic E-state index is 0.0862. The zero-order chi connectivity index (χ0) is 13.0. The van der Waals surface area contributed by atoms with E-state index in [9.17, 15) is 10.1 Å². The van der Waals surface area contributed by atoms with Gasteiger partial charge in [-0.25, -0.2) is 0 Å². The average Bonchev–Trinajstić information content (AvgIpc) is 2.30. The number of hydrogen-bond acceptors (Lipinski definition) is 3. The summed E-state index contributed by atoms with van der Waals surface area (Å²) in [6.45, 7) is 1.30. The van der Waals surface area contributed by atoms with Crippen molar-refractivity contribution in [3.8, 4) is 0 Å². The lowest BCUT2D eigenvalue weighted by Gasteiger charge is -2.29. The normalized spacial score (nSPS) is 17.5. The number of likely N-dealkylation sites (tertiary alicyclic amines) is 1. The van der Waals surface area contributed by atoms with E-state index < -0.39 is 10.1 Å². The van der Waals surface area contributed by atoms with E-state index >= 15 is 0 Å². The molecule has 0 amide bonds. The molecule has 96 valence electrons. The second-order valence-corrected chi connectivity index (χ2v) is 5.20. The largest absolute Gasteiger partial charge is 0.364 e. The predicted octanol–water partition coefficient (Wildman–Crippen LogP) is 4.04. The standard InChI is InChI=1S/C9H10Cl4N2O2/c10-6(8(11)12)7(9(13)15(16)17)14-4-2-1-3-5-14/h1-5H2/b9-7+. The zero-order valence-corrected chi connectivity index (χ0v) is 11.8. The third-order valence-corrected chi connectivity index (χ3v) is 3.66. The Morgan fingerprint density at radius 2 is 1.59 bits per heavy atom.